The standard InChI is InChI=1S/C10H12FN3/c1-7-3-2-4-8(11)9(7)14-10-12-5-6-13-10/h2-4H,5-6H2,1H3,(H2,12,13,14). The number of aryl methyl sites for hydroxylation is 1. The Kier molecular flexibility index (Phi) is 2.35. The van der Waals surface area contributed by atoms with Gasteiger partial charge in [0.05, 0.1) is 12.2 Å². The molecule has 74 valence electrons. The maximum Gasteiger partial charge on any atom is 0.196 e. The monoisotopic (exact) mass is 193 g/mol. The molecule has 0 radical (unpaired) electrons. The summed E-state index contributed by atoms with van der Waals surface area (Å²) in [4.78, 5) is 4.14. The molecule has 0 aliphatic carbocycles. The highest BCUT2D eigenvalue weighted by Crippen LogP contribution is 2.18. The lowest BCUT2D eigenvalue weighted by atomic mass is 10.2. The number of guanidine groups is 1. The van der Waals surface area contributed by atoms with Crippen LogP contribution in [0.15, 0.2) is 23.2 Å². The zero-order valence-corrected chi connectivity index (χ0v) is 7.97. The van der Waals surface area contributed by atoms with Crippen molar-refractivity contribution in [1.82, 2.24) is 5.32 Å². The molecule has 2 rings (SSSR count). The van der Waals surface area contributed by atoms with E-state index >= 15 is 0 Å². The molecule has 14 heavy (non-hydrogen) atoms. The van der Waals surface area contributed by atoms with Gasteiger partial charge in [-0.3, -0.25) is 4.99 Å². The molecule has 1 aliphatic heterocycles. The van der Waals surface area contributed by atoms with Gasteiger partial charge in [-0.1, -0.05) is 12.1 Å². The molecule has 1 aromatic carbocycles. The van der Waals surface area contributed by atoms with Crippen molar-refractivity contribution in [2.45, 2.75) is 6.92 Å². The van der Waals surface area contributed by atoms with Gasteiger partial charge in [0.2, 0.25) is 0 Å². The summed E-state index contributed by atoms with van der Waals surface area (Å²) in [5.41, 5.74) is 1.38. The summed E-state index contributed by atoms with van der Waals surface area (Å²) in [6.45, 7) is 3.42. The van der Waals surface area contributed by atoms with Crippen molar-refractivity contribution in [1.29, 1.82) is 0 Å². The molecule has 0 spiro atoms. The van der Waals surface area contributed by atoms with Gasteiger partial charge in [-0.05, 0) is 18.6 Å². The third-order valence-corrected chi connectivity index (χ3v) is 2.14. The van der Waals surface area contributed by atoms with Crippen molar-refractivity contribution in [3.63, 3.8) is 0 Å². The first-order valence-electron chi connectivity index (χ1n) is 4.58. The van der Waals surface area contributed by atoms with E-state index in [0.717, 1.165) is 18.7 Å². The van der Waals surface area contributed by atoms with Crippen LogP contribution >= 0.6 is 0 Å². The molecular formula is C10H12FN3. The van der Waals surface area contributed by atoms with Crippen molar-refractivity contribution < 1.29 is 4.39 Å². The van der Waals surface area contributed by atoms with E-state index in [1.165, 1.54) is 6.07 Å². The highest BCUT2D eigenvalue weighted by atomic mass is 19.1. The fraction of sp³-hybridized carbons (Fsp3) is 0.300. The Bertz CT molecular complexity index is 353. The van der Waals surface area contributed by atoms with E-state index in [9.17, 15) is 4.39 Å². The topological polar surface area (TPSA) is 36.4 Å². The van der Waals surface area contributed by atoms with Crippen molar-refractivity contribution >= 4 is 11.6 Å². The predicted molar refractivity (Wildman–Crippen MR) is 55.1 cm³/mol. The molecule has 3 nitrogen and oxygen atoms in total. The number of nitrogens with one attached hydrogen (secondary N) is 2. The predicted octanol–water partition coefficient (Wildman–Crippen LogP) is 1.51. The zero-order chi connectivity index (χ0) is 9.97. The zero-order valence-electron chi connectivity index (χ0n) is 7.97. The number of nitrogens with zero attached hydrogens (tertiary/aromatic N) is 1. The van der Waals surface area contributed by atoms with Gasteiger partial charge in [-0.15, -0.1) is 0 Å². The summed E-state index contributed by atoms with van der Waals surface area (Å²) in [5.74, 6) is 0.402. The molecule has 0 bridgehead atoms. The lowest BCUT2D eigenvalue weighted by molar-refractivity contribution is 0.631. The molecule has 0 atom stereocenters. The van der Waals surface area contributed by atoms with Gasteiger partial charge in [0.25, 0.3) is 0 Å². The van der Waals surface area contributed by atoms with E-state index in [2.05, 4.69) is 15.6 Å². The number of aliphatic imine (C=N–C) groups is 1. The molecule has 0 saturated carbocycles. The molecule has 0 aromatic heterocycles. The van der Waals surface area contributed by atoms with Crippen molar-refractivity contribution in [2.24, 2.45) is 4.99 Å². The highest BCUT2D eigenvalue weighted by molar-refractivity contribution is 5.95. The summed E-state index contributed by atoms with van der Waals surface area (Å²) < 4.78 is 13.4. The first kappa shape index (κ1) is 8.99. The lowest BCUT2D eigenvalue weighted by Gasteiger charge is -2.10. The molecule has 1 aromatic rings. The normalized spacial score (nSPS) is 14.9. The SMILES string of the molecule is Cc1cccc(F)c1NC1=NCCN1. The van der Waals surface area contributed by atoms with Crippen LogP contribution in [0.5, 0.6) is 0 Å². The van der Waals surface area contributed by atoms with Crippen LogP contribution in [0.3, 0.4) is 0 Å². The molecule has 2 N–H and O–H groups in total. The second-order valence-corrected chi connectivity index (χ2v) is 3.21. The van der Waals surface area contributed by atoms with Gasteiger partial charge >= 0.3 is 0 Å². The molecule has 0 saturated heterocycles. The van der Waals surface area contributed by atoms with Crippen LogP contribution in [0.1, 0.15) is 5.56 Å². The van der Waals surface area contributed by atoms with Crippen LogP contribution in [0.25, 0.3) is 0 Å². The Labute approximate surface area is 82.0 Å². The number of anilines is 1. The highest BCUT2D eigenvalue weighted by Gasteiger charge is 2.09. The van der Waals surface area contributed by atoms with Crippen LogP contribution in [0.2, 0.25) is 0 Å². The second kappa shape index (κ2) is 3.65. The van der Waals surface area contributed by atoms with Crippen LogP contribution in [0.4, 0.5) is 10.1 Å². The van der Waals surface area contributed by atoms with Crippen LogP contribution < -0.4 is 10.6 Å². The minimum Gasteiger partial charge on any atom is -0.354 e. The quantitative estimate of drug-likeness (QED) is 0.709. The molecule has 4 heteroatoms. The first-order chi connectivity index (χ1) is 6.77. The molecule has 1 aliphatic rings. The minimum absolute atomic E-state index is 0.249. The molecule has 1 heterocycles. The van der Waals surface area contributed by atoms with Crippen LogP contribution in [0, 0.1) is 12.7 Å². The van der Waals surface area contributed by atoms with E-state index in [4.69, 9.17) is 0 Å². The van der Waals surface area contributed by atoms with E-state index < -0.39 is 0 Å². The summed E-state index contributed by atoms with van der Waals surface area (Å²) in [6, 6.07) is 4.99. The summed E-state index contributed by atoms with van der Waals surface area (Å²) in [5, 5.41) is 5.97. The van der Waals surface area contributed by atoms with Gasteiger partial charge in [0, 0.05) is 6.54 Å². The second-order valence-electron chi connectivity index (χ2n) is 3.21. The van der Waals surface area contributed by atoms with Gasteiger partial charge in [-0.25, -0.2) is 4.39 Å². The average Bonchev–Trinajstić information content (AvgIpc) is 2.64. The average molecular weight is 193 g/mol. The van der Waals surface area contributed by atoms with E-state index in [1.807, 2.05) is 13.0 Å². The Balaban J connectivity index is 2.23. The fourth-order valence-corrected chi connectivity index (χ4v) is 1.39. The van der Waals surface area contributed by atoms with E-state index in [-0.39, 0.29) is 5.82 Å². The number of benzene rings is 1. The van der Waals surface area contributed by atoms with Gasteiger partial charge in [0.1, 0.15) is 5.82 Å². The minimum atomic E-state index is -0.249. The lowest BCUT2D eigenvalue weighted by Crippen LogP contribution is -2.27. The van der Waals surface area contributed by atoms with Gasteiger partial charge < -0.3 is 10.6 Å². The number of hydrogen-bond donors (Lipinski definition) is 2. The smallest absolute Gasteiger partial charge is 0.196 e. The Hall–Kier alpha value is -1.58. The third kappa shape index (κ3) is 1.69. The summed E-state index contributed by atoms with van der Waals surface area (Å²) in [6.07, 6.45) is 0. The summed E-state index contributed by atoms with van der Waals surface area (Å²) >= 11 is 0. The van der Waals surface area contributed by atoms with Crippen molar-refractivity contribution in [2.75, 3.05) is 18.4 Å². The molecule has 0 amide bonds. The van der Waals surface area contributed by atoms with Crippen molar-refractivity contribution in [3.05, 3.63) is 29.6 Å². The van der Waals surface area contributed by atoms with Crippen molar-refractivity contribution in [3.8, 4) is 0 Å². The van der Waals surface area contributed by atoms with Crippen LogP contribution in [-0.2, 0) is 0 Å². The maximum atomic E-state index is 13.4. The number of hydrogen-bond acceptors (Lipinski definition) is 3. The molecular weight excluding hydrogens is 181 g/mol. The summed E-state index contributed by atoms with van der Waals surface area (Å²) in [7, 11) is 0. The number of rotatable bonds is 1. The Morgan fingerprint density at radius 2 is 2.36 bits per heavy atom. The fourth-order valence-electron chi connectivity index (χ4n) is 1.39. The third-order valence-electron chi connectivity index (χ3n) is 2.14. The van der Waals surface area contributed by atoms with Crippen LogP contribution in [-0.4, -0.2) is 19.0 Å². The van der Waals surface area contributed by atoms with E-state index in [1.54, 1.807) is 6.07 Å². The van der Waals surface area contributed by atoms with E-state index in [0.29, 0.717) is 11.6 Å². The van der Waals surface area contributed by atoms with Gasteiger partial charge in [0.15, 0.2) is 5.96 Å². The number of para-hydroxylation sites is 1. The largest absolute Gasteiger partial charge is 0.354 e. The maximum absolute atomic E-state index is 13.4. The molecule has 0 fully saturated rings. The Morgan fingerprint density at radius 1 is 1.50 bits per heavy atom. The Morgan fingerprint density at radius 3 is 3.00 bits per heavy atom. The first-order valence-corrected chi connectivity index (χ1v) is 4.58. The van der Waals surface area contributed by atoms with Gasteiger partial charge in [-0.2, -0.15) is 0 Å². The molecule has 0 unspecified atom stereocenters. The number of halogens is 1.